The quantitative estimate of drug-likeness (QED) is 0.729. The van der Waals surface area contributed by atoms with Gasteiger partial charge in [0.1, 0.15) is 11.3 Å². The highest BCUT2D eigenvalue weighted by molar-refractivity contribution is 5.69. The molecule has 0 unspecified atom stereocenters. The molecule has 6 heteroatoms. The Bertz CT molecular complexity index is 819. The molecule has 1 aromatic carbocycles. The lowest BCUT2D eigenvalue weighted by molar-refractivity contribution is 0.624. The highest BCUT2D eigenvalue weighted by Crippen LogP contribution is 2.23. The number of piperazine rings is 1. The monoisotopic (exact) mass is 311 g/mol. The summed E-state index contributed by atoms with van der Waals surface area (Å²) in [5, 5.41) is 4.44. The molecule has 1 saturated heterocycles. The van der Waals surface area contributed by atoms with Crippen molar-refractivity contribution in [3.8, 4) is 0 Å². The predicted molar refractivity (Wildman–Crippen MR) is 88.6 cm³/mol. The lowest BCUT2D eigenvalue weighted by Gasteiger charge is -2.36. The van der Waals surface area contributed by atoms with Crippen LogP contribution in [0.1, 0.15) is 5.69 Å². The Morgan fingerprint density at radius 2 is 1.70 bits per heavy atom. The lowest BCUT2D eigenvalue weighted by Crippen LogP contribution is -2.47. The van der Waals surface area contributed by atoms with Gasteiger partial charge in [-0.3, -0.25) is 0 Å². The average Bonchev–Trinajstić information content (AvgIpc) is 2.96. The molecular formula is C17H18FN5. The Morgan fingerprint density at radius 1 is 1.00 bits per heavy atom. The van der Waals surface area contributed by atoms with Gasteiger partial charge < -0.3 is 9.80 Å². The van der Waals surface area contributed by atoms with E-state index in [9.17, 15) is 4.39 Å². The van der Waals surface area contributed by atoms with E-state index >= 15 is 0 Å². The van der Waals surface area contributed by atoms with Crippen LogP contribution >= 0.6 is 0 Å². The number of rotatable bonds is 2. The van der Waals surface area contributed by atoms with Crippen LogP contribution in [0.5, 0.6) is 0 Å². The number of hydrogen-bond acceptors (Lipinski definition) is 4. The number of aromatic nitrogens is 3. The molecule has 0 amide bonds. The topological polar surface area (TPSA) is 36.7 Å². The average molecular weight is 311 g/mol. The summed E-state index contributed by atoms with van der Waals surface area (Å²) in [6.07, 6.45) is 3.67. The van der Waals surface area contributed by atoms with Gasteiger partial charge in [-0.25, -0.2) is 13.9 Å². The van der Waals surface area contributed by atoms with Crippen LogP contribution in [-0.4, -0.2) is 40.8 Å². The van der Waals surface area contributed by atoms with E-state index in [0.717, 1.165) is 48.9 Å². The largest absolute Gasteiger partial charge is 0.368 e. The number of aryl methyl sites for hydroxylation is 1. The second-order valence-corrected chi connectivity index (χ2v) is 5.82. The molecule has 0 radical (unpaired) electrons. The van der Waals surface area contributed by atoms with E-state index in [4.69, 9.17) is 0 Å². The maximum Gasteiger partial charge on any atom is 0.154 e. The second kappa shape index (κ2) is 5.53. The summed E-state index contributed by atoms with van der Waals surface area (Å²) in [7, 11) is 0. The molecule has 0 saturated carbocycles. The Balaban J connectivity index is 1.53. The van der Waals surface area contributed by atoms with Gasteiger partial charge in [0.2, 0.25) is 0 Å². The molecule has 0 aliphatic carbocycles. The molecule has 3 heterocycles. The van der Waals surface area contributed by atoms with Crippen LogP contribution in [0.25, 0.3) is 5.52 Å². The van der Waals surface area contributed by atoms with Gasteiger partial charge in [0.05, 0.1) is 5.69 Å². The Kier molecular flexibility index (Phi) is 3.37. The van der Waals surface area contributed by atoms with Crippen molar-refractivity contribution in [2.45, 2.75) is 6.92 Å². The van der Waals surface area contributed by atoms with Crippen LogP contribution in [0, 0.1) is 12.7 Å². The van der Waals surface area contributed by atoms with Crippen molar-refractivity contribution in [3.63, 3.8) is 0 Å². The SMILES string of the molecule is Cc1cc2c(N3CCN(c4ccc(F)cc4)CC3)nccn2n1. The highest BCUT2D eigenvalue weighted by atomic mass is 19.1. The molecule has 1 aliphatic heterocycles. The van der Waals surface area contributed by atoms with Crippen LogP contribution in [0.4, 0.5) is 15.9 Å². The summed E-state index contributed by atoms with van der Waals surface area (Å²) < 4.78 is 14.9. The first-order valence-corrected chi connectivity index (χ1v) is 7.77. The van der Waals surface area contributed by atoms with Crippen molar-refractivity contribution >= 4 is 17.0 Å². The molecule has 0 atom stereocenters. The van der Waals surface area contributed by atoms with Crippen LogP contribution < -0.4 is 9.80 Å². The minimum absolute atomic E-state index is 0.195. The van der Waals surface area contributed by atoms with Crippen molar-refractivity contribution in [1.82, 2.24) is 14.6 Å². The van der Waals surface area contributed by atoms with E-state index in [2.05, 4.69) is 25.9 Å². The van der Waals surface area contributed by atoms with Gasteiger partial charge in [0.25, 0.3) is 0 Å². The predicted octanol–water partition coefficient (Wildman–Crippen LogP) is 2.50. The number of benzene rings is 1. The number of anilines is 2. The van der Waals surface area contributed by atoms with E-state index in [1.54, 1.807) is 6.20 Å². The third-order valence-electron chi connectivity index (χ3n) is 4.26. The number of nitrogens with zero attached hydrogens (tertiary/aromatic N) is 5. The first-order valence-electron chi connectivity index (χ1n) is 7.77. The molecule has 3 aromatic rings. The first kappa shape index (κ1) is 14.0. The van der Waals surface area contributed by atoms with E-state index in [1.807, 2.05) is 29.8 Å². The Morgan fingerprint density at radius 3 is 2.43 bits per heavy atom. The molecule has 2 aromatic heterocycles. The van der Waals surface area contributed by atoms with Crippen molar-refractivity contribution in [1.29, 1.82) is 0 Å². The fourth-order valence-electron chi connectivity index (χ4n) is 3.10. The van der Waals surface area contributed by atoms with E-state index in [-0.39, 0.29) is 5.82 Å². The maximum atomic E-state index is 13.0. The first-order chi connectivity index (χ1) is 11.2. The molecule has 23 heavy (non-hydrogen) atoms. The zero-order chi connectivity index (χ0) is 15.8. The van der Waals surface area contributed by atoms with Crippen LogP contribution in [0.15, 0.2) is 42.7 Å². The van der Waals surface area contributed by atoms with Crippen molar-refractivity contribution < 1.29 is 4.39 Å². The van der Waals surface area contributed by atoms with E-state index in [0.29, 0.717) is 0 Å². The Labute approximate surface area is 134 Å². The van der Waals surface area contributed by atoms with Crippen molar-refractivity contribution in [2.24, 2.45) is 0 Å². The molecule has 118 valence electrons. The van der Waals surface area contributed by atoms with Gasteiger partial charge in [-0.15, -0.1) is 0 Å². The third kappa shape index (κ3) is 2.60. The summed E-state index contributed by atoms with van der Waals surface area (Å²) in [6, 6.07) is 8.77. The summed E-state index contributed by atoms with van der Waals surface area (Å²) in [5.74, 6) is 0.784. The molecule has 0 bridgehead atoms. The lowest BCUT2D eigenvalue weighted by atomic mass is 10.2. The smallest absolute Gasteiger partial charge is 0.154 e. The number of halogens is 1. The zero-order valence-corrected chi connectivity index (χ0v) is 13.0. The molecule has 5 nitrogen and oxygen atoms in total. The summed E-state index contributed by atoms with van der Waals surface area (Å²) in [4.78, 5) is 9.11. The molecule has 1 aliphatic rings. The zero-order valence-electron chi connectivity index (χ0n) is 13.0. The molecular weight excluding hydrogens is 293 g/mol. The second-order valence-electron chi connectivity index (χ2n) is 5.82. The van der Waals surface area contributed by atoms with Crippen LogP contribution in [-0.2, 0) is 0 Å². The van der Waals surface area contributed by atoms with Gasteiger partial charge in [-0.1, -0.05) is 0 Å². The normalized spacial score (nSPS) is 15.4. The van der Waals surface area contributed by atoms with Gasteiger partial charge >= 0.3 is 0 Å². The third-order valence-corrected chi connectivity index (χ3v) is 4.26. The fourth-order valence-corrected chi connectivity index (χ4v) is 3.10. The van der Waals surface area contributed by atoms with Crippen LogP contribution in [0.2, 0.25) is 0 Å². The van der Waals surface area contributed by atoms with Gasteiger partial charge in [-0.05, 0) is 37.3 Å². The molecule has 0 spiro atoms. The van der Waals surface area contributed by atoms with Gasteiger partial charge in [-0.2, -0.15) is 5.10 Å². The molecule has 1 fully saturated rings. The minimum Gasteiger partial charge on any atom is -0.368 e. The summed E-state index contributed by atoms with van der Waals surface area (Å²) >= 11 is 0. The standard InChI is InChI=1S/C17H18FN5/c1-13-12-16-17(19-6-7-23(16)20-13)22-10-8-21(9-11-22)15-4-2-14(18)3-5-15/h2-7,12H,8-11H2,1H3. The number of hydrogen-bond donors (Lipinski definition) is 0. The summed E-state index contributed by atoms with van der Waals surface area (Å²) in [6.45, 7) is 5.54. The van der Waals surface area contributed by atoms with Crippen molar-refractivity contribution in [2.75, 3.05) is 36.0 Å². The maximum absolute atomic E-state index is 13.0. The minimum atomic E-state index is -0.195. The van der Waals surface area contributed by atoms with E-state index in [1.165, 1.54) is 12.1 Å². The summed E-state index contributed by atoms with van der Waals surface area (Å²) in [5.41, 5.74) is 3.10. The van der Waals surface area contributed by atoms with Crippen molar-refractivity contribution in [3.05, 3.63) is 54.2 Å². The molecule has 4 rings (SSSR count). The van der Waals surface area contributed by atoms with Gasteiger partial charge in [0, 0.05) is 44.3 Å². The fraction of sp³-hybridized carbons (Fsp3) is 0.294. The van der Waals surface area contributed by atoms with Crippen LogP contribution in [0.3, 0.4) is 0 Å². The van der Waals surface area contributed by atoms with E-state index < -0.39 is 0 Å². The molecule has 0 N–H and O–H groups in total. The van der Waals surface area contributed by atoms with Gasteiger partial charge in [0.15, 0.2) is 5.82 Å². The number of fused-ring (bicyclic) bond motifs is 1. The highest BCUT2D eigenvalue weighted by Gasteiger charge is 2.20. The Hall–Kier alpha value is -2.63.